The Morgan fingerprint density at radius 2 is 1.61 bits per heavy atom. The number of rotatable bonds is 5. The molecule has 0 bridgehead atoms. The summed E-state index contributed by atoms with van der Waals surface area (Å²) >= 11 is 0. The van der Waals surface area contributed by atoms with Crippen molar-refractivity contribution < 1.29 is 4.79 Å². The van der Waals surface area contributed by atoms with Gasteiger partial charge in [0, 0.05) is 18.1 Å². The molecule has 3 aromatic rings. The SMILES string of the molecule is Cc1ccc(NC(=O)C[C@H](c2ccccc2)n2cccc2)cc1. The van der Waals surface area contributed by atoms with Crippen molar-refractivity contribution in [1.82, 2.24) is 4.57 Å². The van der Waals surface area contributed by atoms with Gasteiger partial charge in [0.15, 0.2) is 0 Å². The summed E-state index contributed by atoms with van der Waals surface area (Å²) in [4.78, 5) is 12.5. The van der Waals surface area contributed by atoms with Crippen molar-refractivity contribution in [2.75, 3.05) is 5.32 Å². The van der Waals surface area contributed by atoms with Crippen LogP contribution in [0.15, 0.2) is 79.1 Å². The first kappa shape index (κ1) is 15.1. The molecule has 0 aliphatic rings. The molecule has 0 saturated heterocycles. The molecule has 1 aromatic heterocycles. The molecule has 0 saturated carbocycles. The van der Waals surface area contributed by atoms with E-state index in [0.29, 0.717) is 6.42 Å². The van der Waals surface area contributed by atoms with Gasteiger partial charge in [0.05, 0.1) is 12.5 Å². The average molecular weight is 304 g/mol. The number of hydrogen-bond acceptors (Lipinski definition) is 1. The van der Waals surface area contributed by atoms with Crippen LogP contribution in [0.1, 0.15) is 23.6 Å². The average Bonchev–Trinajstić information content (AvgIpc) is 3.10. The molecule has 0 spiro atoms. The molecule has 1 atom stereocenters. The number of carbonyl (C=O) groups excluding carboxylic acids is 1. The van der Waals surface area contributed by atoms with Crippen LogP contribution in [0.3, 0.4) is 0 Å². The maximum absolute atomic E-state index is 12.5. The highest BCUT2D eigenvalue weighted by molar-refractivity contribution is 5.91. The summed E-state index contributed by atoms with van der Waals surface area (Å²) in [5, 5.41) is 2.98. The van der Waals surface area contributed by atoms with E-state index in [9.17, 15) is 4.79 Å². The number of amides is 1. The molecule has 23 heavy (non-hydrogen) atoms. The van der Waals surface area contributed by atoms with E-state index in [0.717, 1.165) is 11.3 Å². The highest BCUT2D eigenvalue weighted by atomic mass is 16.1. The summed E-state index contributed by atoms with van der Waals surface area (Å²) < 4.78 is 2.07. The minimum Gasteiger partial charge on any atom is -0.346 e. The molecule has 0 radical (unpaired) electrons. The number of hydrogen-bond donors (Lipinski definition) is 1. The van der Waals surface area contributed by atoms with Crippen LogP contribution in [0.4, 0.5) is 5.69 Å². The molecule has 3 rings (SSSR count). The lowest BCUT2D eigenvalue weighted by atomic mass is 10.0. The van der Waals surface area contributed by atoms with Crippen LogP contribution in [-0.2, 0) is 4.79 Å². The van der Waals surface area contributed by atoms with Gasteiger partial charge in [0.1, 0.15) is 0 Å². The van der Waals surface area contributed by atoms with E-state index >= 15 is 0 Å². The van der Waals surface area contributed by atoms with Gasteiger partial charge in [0.2, 0.25) is 5.91 Å². The van der Waals surface area contributed by atoms with E-state index in [2.05, 4.69) is 22.0 Å². The van der Waals surface area contributed by atoms with E-state index in [-0.39, 0.29) is 11.9 Å². The molecular weight excluding hydrogens is 284 g/mol. The van der Waals surface area contributed by atoms with Crippen LogP contribution in [0, 0.1) is 6.92 Å². The zero-order valence-corrected chi connectivity index (χ0v) is 13.1. The van der Waals surface area contributed by atoms with Crippen LogP contribution >= 0.6 is 0 Å². The summed E-state index contributed by atoms with van der Waals surface area (Å²) in [5.74, 6) is 0.0106. The van der Waals surface area contributed by atoms with Crippen molar-refractivity contribution in [2.24, 2.45) is 0 Å². The van der Waals surface area contributed by atoms with E-state index < -0.39 is 0 Å². The Morgan fingerprint density at radius 1 is 0.957 bits per heavy atom. The van der Waals surface area contributed by atoms with Crippen molar-refractivity contribution in [2.45, 2.75) is 19.4 Å². The van der Waals surface area contributed by atoms with Gasteiger partial charge < -0.3 is 9.88 Å². The molecule has 3 nitrogen and oxygen atoms in total. The van der Waals surface area contributed by atoms with E-state index in [4.69, 9.17) is 0 Å². The van der Waals surface area contributed by atoms with Crippen molar-refractivity contribution >= 4 is 11.6 Å². The first-order chi connectivity index (χ1) is 11.2. The Morgan fingerprint density at radius 3 is 2.26 bits per heavy atom. The third-order valence-electron chi connectivity index (χ3n) is 3.89. The van der Waals surface area contributed by atoms with Crippen molar-refractivity contribution in [3.05, 3.63) is 90.3 Å². The molecule has 3 heteroatoms. The molecule has 0 aliphatic carbocycles. The molecular formula is C20H20N2O. The second-order valence-corrected chi connectivity index (χ2v) is 5.68. The van der Waals surface area contributed by atoms with Crippen molar-refractivity contribution in [1.29, 1.82) is 0 Å². The topological polar surface area (TPSA) is 34.0 Å². The molecule has 0 fully saturated rings. The number of aromatic nitrogens is 1. The monoisotopic (exact) mass is 304 g/mol. The lowest BCUT2D eigenvalue weighted by Gasteiger charge is -2.19. The predicted octanol–water partition coefficient (Wildman–Crippen LogP) is 4.41. The highest BCUT2D eigenvalue weighted by Gasteiger charge is 2.17. The normalized spacial score (nSPS) is 11.9. The number of carbonyl (C=O) groups is 1. The van der Waals surface area contributed by atoms with Gasteiger partial charge in [0.25, 0.3) is 0 Å². The number of anilines is 1. The van der Waals surface area contributed by atoms with Crippen LogP contribution < -0.4 is 5.32 Å². The smallest absolute Gasteiger partial charge is 0.226 e. The molecule has 1 heterocycles. The Labute approximate surface area is 136 Å². The largest absolute Gasteiger partial charge is 0.346 e. The number of nitrogens with zero attached hydrogens (tertiary/aromatic N) is 1. The lowest BCUT2D eigenvalue weighted by molar-refractivity contribution is -0.116. The first-order valence-electron chi connectivity index (χ1n) is 7.76. The fraction of sp³-hybridized carbons (Fsp3) is 0.150. The Balaban J connectivity index is 1.76. The number of benzene rings is 2. The molecule has 116 valence electrons. The van der Waals surface area contributed by atoms with Gasteiger partial charge in [-0.25, -0.2) is 0 Å². The van der Waals surface area contributed by atoms with Crippen LogP contribution in [0.25, 0.3) is 0 Å². The van der Waals surface area contributed by atoms with Crippen LogP contribution in [0.5, 0.6) is 0 Å². The minimum atomic E-state index is -0.00310. The standard InChI is InChI=1S/C20H20N2O/c1-16-9-11-18(12-10-16)21-20(23)15-19(22-13-5-6-14-22)17-7-3-2-4-8-17/h2-14,19H,15H2,1H3,(H,21,23)/t19-/m1/s1. The maximum Gasteiger partial charge on any atom is 0.226 e. The zero-order valence-electron chi connectivity index (χ0n) is 13.1. The molecule has 2 aromatic carbocycles. The summed E-state index contributed by atoms with van der Waals surface area (Å²) in [6.07, 6.45) is 4.39. The predicted molar refractivity (Wildman–Crippen MR) is 93.4 cm³/mol. The summed E-state index contributed by atoms with van der Waals surface area (Å²) in [6.45, 7) is 2.03. The Hall–Kier alpha value is -2.81. The summed E-state index contributed by atoms with van der Waals surface area (Å²) in [5.41, 5.74) is 3.14. The van der Waals surface area contributed by atoms with Crippen molar-refractivity contribution in [3.63, 3.8) is 0 Å². The van der Waals surface area contributed by atoms with Gasteiger partial charge in [-0.05, 0) is 36.8 Å². The first-order valence-corrected chi connectivity index (χ1v) is 7.76. The number of nitrogens with one attached hydrogen (secondary N) is 1. The molecule has 1 amide bonds. The molecule has 1 N–H and O–H groups in total. The zero-order chi connectivity index (χ0) is 16.1. The van der Waals surface area contributed by atoms with Gasteiger partial charge in [-0.15, -0.1) is 0 Å². The quantitative estimate of drug-likeness (QED) is 0.744. The highest BCUT2D eigenvalue weighted by Crippen LogP contribution is 2.23. The second-order valence-electron chi connectivity index (χ2n) is 5.68. The van der Waals surface area contributed by atoms with E-state index in [1.165, 1.54) is 5.56 Å². The molecule has 0 aliphatic heterocycles. The summed E-state index contributed by atoms with van der Waals surface area (Å²) in [6, 6.07) is 21.9. The third-order valence-corrected chi connectivity index (χ3v) is 3.89. The second kappa shape index (κ2) is 6.97. The Kier molecular flexibility index (Phi) is 4.57. The molecule has 0 unspecified atom stereocenters. The summed E-state index contributed by atoms with van der Waals surface area (Å²) in [7, 11) is 0. The maximum atomic E-state index is 12.5. The van der Waals surface area contributed by atoms with Gasteiger partial charge in [-0.3, -0.25) is 4.79 Å². The Bertz CT molecular complexity index is 746. The van der Waals surface area contributed by atoms with E-state index in [1.54, 1.807) is 0 Å². The fourth-order valence-corrected chi connectivity index (χ4v) is 2.65. The van der Waals surface area contributed by atoms with E-state index in [1.807, 2.05) is 73.9 Å². The van der Waals surface area contributed by atoms with Crippen LogP contribution in [0.2, 0.25) is 0 Å². The van der Waals surface area contributed by atoms with Crippen molar-refractivity contribution in [3.8, 4) is 0 Å². The fourth-order valence-electron chi connectivity index (χ4n) is 2.65. The lowest BCUT2D eigenvalue weighted by Crippen LogP contribution is -2.19. The third kappa shape index (κ3) is 3.89. The van der Waals surface area contributed by atoms with Gasteiger partial charge in [-0.2, -0.15) is 0 Å². The van der Waals surface area contributed by atoms with Crippen LogP contribution in [-0.4, -0.2) is 10.5 Å². The minimum absolute atomic E-state index is 0.00310. The van der Waals surface area contributed by atoms with Gasteiger partial charge >= 0.3 is 0 Å². The van der Waals surface area contributed by atoms with Gasteiger partial charge in [-0.1, -0.05) is 48.0 Å². The number of aryl methyl sites for hydroxylation is 1.